The van der Waals surface area contributed by atoms with Crippen LogP contribution in [0.25, 0.3) is 0 Å². The summed E-state index contributed by atoms with van der Waals surface area (Å²) < 4.78 is 10.6. The number of hydrogen-bond acceptors (Lipinski definition) is 4. The highest BCUT2D eigenvalue weighted by molar-refractivity contribution is 5.84. The molecule has 88 valence electrons. The van der Waals surface area contributed by atoms with Crippen molar-refractivity contribution in [3.8, 4) is 11.5 Å². The molecule has 0 bridgehead atoms. The predicted octanol–water partition coefficient (Wildman–Crippen LogP) is 1.60. The van der Waals surface area contributed by atoms with Crippen LogP contribution in [0.15, 0.2) is 29.4 Å². The van der Waals surface area contributed by atoms with Crippen LogP contribution >= 0.6 is 0 Å². The molecule has 0 radical (unpaired) electrons. The fourth-order valence-corrected chi connectivity index (χ4v) is 1.26. The van der Waals surface area contributed by atoms with Crippen LogP contribution in [-0.4, -0.2) is 24.3 Å². The van der Waals surface area contributed by atoms with E-state index in [2.05, 4.69) is 5.16 Å². The second-order valence-electron chi connectivity index (χ2n) is 3.22. The third kappa shape index (κ3) is 3.05. The van der Waals surface area contributed by atoms with E-state index in [9.17, 15) is 0 Å². The molecule has 0 amide bonds. The molecule has 0 saturated heterocycles. The van der Waals surface area contributed by atoms with Gasteiger partial charge in [0.25, 0.3) is 0 Å². The van der Waals surface area contributed by atoms with Crippen molar-refractivity contribution < 1.29 is 14.7 Å². The van der Waals surface area contributed by atoms with Crippen LogP contribution in [0.4, 0.5) is 0 Å². The molecular weight excluding hydrogens is 208 g/mol. The van der Waals surface area contributed by atoms with Gasteiger partial charge >= 0.3 is 0 Å². The van der Waals surface area contributed by atoms with E-state index in [0.29, 0.717) is 17.9 Å². The van der Waals surface area contributed by atoms with Gasteiger partial charge < -0.3 is 20.4 Å². The molecule has 16 heavy (non-hydrogen) atoms. The number of amidine groups is 1. The predicted molar refractivity (Wildman–Crippen MR) is 61.1 cm³/mol. The molecule has 1 atom stereocenters. The smallest absolute Gasteiger partial charge is 0.180 e. The van der Waals surface area contributed by atoms with Crippen molar-refractivity contribution in [2.75, 3.05) is 7.11 Å². The zero-order valence-corrected chi connectivity index (χ0v) is 9.38. The monoisotopic (exact) mass is 224 g/mol. The molecule has 1 aromatic rings. The van der Waals surface area contributed by atoms with Crippen LogP contribution < -0.4 is 15.2 Å². The van der Waals surface area contributed by atoms with Gasteiger partial charge in [-0.1, -0.05) is 18.1 Å². The lowest BCUT2D eigenvalue weighted by Crippen LogP contribution is -2.33. The third-order valence-corrected chi connectivity index (χ3v) is 2.14. The second-order valence-corrected chi connectivity index (χ2v) is 3.22. The summed E-state index contributed by atoms with van der Waals surface area (Å²) in [5.74, 6) is 1.38. The Balaban J connectivity index is 2.77. The Labute approximate surface area is 94.5 Å². The van der Waals surface area contributed by atoms with Crippen molar-refractivity contribution in [1.82, 2.24) is 0 Å². The highest BCUT2D eigenvalue weighted by atomic mass is 16.5. The van der Waals surface area contributed by atoms with E-state index in [0.717, 1.165) is 0 Å². The number of nitrogens with two attached hydrogens (primary N) is 1. The molecule has 0 fully saturated rings. The van der Waals surface area contributed by atoms with Crippen LogP contribution in [0.1, 0.15) is 13.3 Å². The molecule has 5 nitrogen and oxygen atoms in total. The van der Waals surface area contributed by atoms with Gasteiger partial charge in [0.15, 0.2) is 11.9 Å². The summed E-state index contributed by atoms with van der Waals surface area (Å²) in [6, 6.07) is 7.16. The highest BCUT2D eigenvalue weighted by Gasteiger charge is 2.13. The number of nitrogens with zero attached hydrogens (tertiary/aromatic N) is 1. The van der Waals surface area contributed by atoms with Gasteiger partial charge in [-0.15, -0.1) is 0 Å². The van der Waals surface area contributed by atoms with E-state index < -0.39 is 6.10 Å². The van der Waals surface area contributed by atoms with Crippen molar-refractivity contribution >= 4 is 5.84 Å². The molecule has 0 aromatic heterocycles. The molecule has 0 aliphatic rings. The van der Waals surface area contributed by atoms with Crippen molar-refractivity contribution in [2.45, 2.75) is 19.4 Å². The van der Waals surface area contributed by atoms with Gasteiger partial charge in [0.1, 0.15) is 11.5 Å². The van der Waals surface area contributed by atoms with Crippen LogP contribution in [0.2, 0.25) is 0 Å². The Bertz CT molecular complexity index is 366. The average molecular weight is 224 g/mol. The lowest BCUT2D eigenvalue weighted by atomic mass is 10.2. The third-order valence-electron chi connectivity index (χ3n) is 2.14. The highest BCUT2D eigenvalue weighted by Crippen LogP contribution is 2.20. The maximum Gasteiger partial charge on any atom is 0.180 e. The lowest BCUT2D eigenvalue weighted by molar-refractivity contribution is 0.245. The standard InChI is InChI=1S/C11H16N2O3/c1-3-10(11(12)13-14)16-9-6-4-5-8(7-9)15-2/h4-7,10,14H,3H2,1-2H3,(H2,12,13). The molecule has 1 unspecified atom stereocenters. The van der Waals surface area contributed by atoms with Crippen LogP contribution in [0.3, 0.4) is 0 Å². The summed E-state index contributed by atoms with van der Waals surface area (Å²) in [4.78, 5) is 0. The van der Waals surface area contributed by atoms with Gasteiger partial charge in [0.2, 0.25) is 0 Å². The molecule has 3 N–H and O–H groups in total. The minimum absolute atomic E-state index is 0.0605. The molecule has 0 heterocycles. The lowest BCUT2D eigenvalue weighted by Gasteiger charge is -2.16. The normalized spacial score (nSPS) is 13.2. The first kappa shape index (κ1) is 12.2. The maximum absolute atomic E-state index is 8.57. The zero-order valence-electron chi connectivity index (χ0n) is 9.38. The fourth-order valence-electron chi connectivity index (χ4n) is 1.26. The SMILES string of the molecule is CCC(Oc1cccc(OC)c1)C(N)=NO. The number of benzene rings is 1. The molecule has 0 aliphatic carbocycles. The fraction of sp³-hybridized carbons (Fsp3) is 0.364. The first-order chi connectivity index (χ1) is 7.71. The molecule has 1 rings (SSSR count). The van der Waals surface area contributed by atoms with E-state index in [4.69, 9.17) is 20.4 Å². The number of methoxy groups -OCH3 is 1. The Kier molecular flexibility index (Phi) is 4.44. The Morgan fingerprint density at radius 3 is 2.75 bits per heavy atom. The Morgan fingerprint density at radius 2 is 2.19 bits per heavy atom. The van der Waals surface area contributed by atoms with Crippen molar-refractivity contribution in [2.24, 2.45) is 10.9 Å². The van der Waals surface area contributed by atoms with E-state index >= 15 is 0 Å². The van der Waals surface area contributed by atoms with Gasteiger partial charge in [0.05, 0.1) is 7.11 Å². The topological polar surface area (TPSA) is 77.1 Å². The molecule has 0 saturated carbocycles. The summed E-state index contributed by atoms with van der Waals surface area (Å²) in [5.41, 5.74) is 5.49. The van der Waals surface area contributed by atoms with Gasteiger partial charge in [-0.2, -0.15) is 0 Å². The van der Waals surface area contributed by atoms with Gasteiger partial charge in [-0.3, -0.25) is 0 Å². The Morgan fingerprint density at radius 1 is 1.50 bits per heavy atom. The van der Waals surface area contributed by atoms with E-state index in [1.165, 1.54) is 0 Å². The number of rotatable bonds is 5. The first-order valence-electron chi connectivity index (χ1n) is 4.99. The average Bonchev–Trinajstić information content (AvgIpc) is 2.35. The zero-order chi connectivity index (χ0) is 12.0. The van der Waals surface area contributed by atoms with Crippen molar-refractivity contribution in [1.29, 1.82) is 0 Å². The quantitative estimate of drug-likeness (QED) is 0.344. The van der Waals surface area contributed by atoms with E-state index in [1.54, 1.807) is 19.2 Å². The summed E-state index contributed by atoms with van der Waals surface area (Å²) in [5, 5.41) is 11.5. The second kappa shape index (κ2) is 5.85. The van der Waals surface area contributed by atoms with E-state index in [1.807, 2.05) is 19.1 Å². The summed E-state index contributed by atoms with van der Waals surface area (Å²) in [6.45, 7) is 1.89. The maximum atomic E-state index is 8.57. The molecule has 0 aliphatic heterocycles. The van der Waals surface area contributed by atoms with Gasteiger partial charge in [-0.25, -0.2) is 0 Å². The van der Waals surface area contributed by atoms with Crippen molar-refractivity contribution in [3.05, 3.63) is 24.3 Å². The Hall–Kier alpha value is -1.91. The van der Waals surface area contributed by atoms with Crippen molar-refractivity contribution in [3.63, 3.8) is 0 Å². The number of hydrogen-bond donors (Lipinski definition) is 2. The summed E-state index contributed by atoms with van der Waals surface area (Å²) in [6.07, 6.45) is 0.185. The molecular formula is C11H16N2O3. The minimum Gasteiger partial charge on any atom is -0.497 e. The first-order valence-corrected chi connectivity index (χ1v) is 4.99. The van der Waals surface area contributed by atoms with Gasteiger partial charge in [-0.05, 0) is 18.6 Å². The van der Waals surface area contributed by atoms with Gasteiger partial charge in [0, 0.05) is 6.07 Å². The molecule has 5 heteroatoms. The van der Waals surface area contributed by atoms with Crippen LogP contribution in [0.5, 0.6) is 11.5 Å². The van der Waals surface area contributed by atoms with E-state index in [-0.39, 0.29) is 5.84 Å². The van der Waals surface area contributed by atoms with Crippen LogP contribution in [-0.2, 0) is 0 Å². The largest absolute Gasteiger partial charge is 0.497 e. The summed E-state index contributed by atoms with van der Waals surface area (Å²) in [7, 11) is 1.58. The van der Waals surface area contributed by atoms with Crippen LogP contribution in [0, 0.1) is 0 Å². The number of oxime groups is 1. The summed E-state index contributed by atoms with van der Waals surface area (Å²) >= 11 is 0. The molecule has 0 spiro atoms. The number of ether oxygens (including phenoxy) is 2. The molecule has 1 aromatic carbocycles. The minimum atomic E-state index is -0.433.